The summed E-state index contributed by atoms with van der Waals surface area (Å²) in [4.78, 5) is 2.45. The molecular weight excluding hydrogens is 263 g/mol. The van der Waals surface area contributed by atoms with Crippen LogP contribution in [0.2, 0.25) is 0 Å². The molecule has 2 rings (SSSR count). The molecule has 0 unspecified atom stereocenters. The first-order valence-electron chi connectivity index (χ1n) is 8.06. The molecule has 1 aliphatic heterocycles. The van der Waals surface area contributed by atoms with Crippen LogP contribution >= 0.6 is 0 Å². The maximum atomic E-state index is 13.3. The lowest BCUT2D eigenvalue weighted by Gasteiger charge is -2.34. The van der Waals surface area contributed by atoms with Crippen molar-refractivity contribution in [3.05, 3.63) is 35.1 Å². The van der Waals surface area contributed by atoms with Gasteiger partial charge in [-0.1, -0.05) is 6.07 Å². The highest BCUT2D eigenvalue weighted by Crippen LogP contribution is 2.20. The molecule has 1 N–H and O–H groups in total. The summed E-state index contributed by atoms with van der Waals surface area (Å²) >= 11 is 0. The maximum absolute atomic E-state index is 13.3. The topological polar surface area (TPSA) is 15.3 Å². The first-order valence-corrected chi connectivity index (χ1v) is 8.06. The van der Waals surface area contributed by atoms with Crippen molar-refractivity contribution in [2.45, 2.75) is 52.6 Å². The number of piperidine rings is 1. The molecule has 1 aliphatic rings. The van der Waals surface area contributed by atoms with Gasteiger partial charge in [-0.05, 0) is 89.3 Å². The fraction of sp³-hybridized carbons (Fsp3) is 0.667. The summed E-state index contributed by atoms with van der Waals surface area (Å²) in [5.41, 5.74) is 2.52. The van der Waals surface area contributed by atoms with Crippen molar-refractivity contribution in [2.24, 2.45) is 5.92 Å². The Morgan fingerprint density at radius 2 is 1.90 bits per heavy atom. The van der Waals surface area contributed by atoms with Crippen molar-refractivity contribution in [3.63, 3.8) is 0 Å². The van der Waals surface area contributed by atoms with Gasteiger partial charge in [-0.25, -0.2) is 4.39 Å². The molecule has 3 heteroatoms. The van der Waals surface area contributed by atoms with Gasteiger partial charge in [-0.3, -0.25) is 4.90 Å². The fourth-order valence-electron chi connectivity index (χ4n) is 2.85. The molecule has 21 heavy (non-hydrogen) atoms. The van der Waals surface area contributed by atoms with Crippen molar-refractivity contribution < 1.29 is 4.39 Å². The standard InChI is InChI=1S/C18H29FN2/c1-14-5-6-17(19)11-16(14)13-21-9-7-15(8-10-21)12-20-18(2,3)4/h5-6,11,15,20H,7-10,12-13H2,1-4H3. The normalized spacial score (nSPS) is 18.1. The van der Waals surface area contributed by atoms with Crippen molar-refractivity contribution in [1.29, 1.82) is 0 Å². The molecule has 0 aliphatic carbocycles. The van der Waals surface area contributed by atoms with E-state index >= 15 is 0 Å². The van der Waals surface area contributed by atoms with Crippen LogP contribution < -0.4 is 5.32 Å². The maximum Gasteiger partial charge on any atom is 0.123 e. The SMILES string of the molecule is Cc1ccc(F)cc1CN1CCC(CNC(C)(C)C)CC1. The van der Waals surface area contributed by atoms with Gasteiger partial charge in [-0.15, -0.1) is 0 Å². The molecule has 1 aromatic carbocycles. The average Bonchev–Trinajstić information content (AvgIpc) is 2.41. The van der Waals surface area contributed by atoms with Crippen LogP contribution in [0.15, 0.2) is 18.2 Å². The summed E-state index contributed by atoms with van der Waals surface area (Å²) in [6.45, 7) is 12.9. The van der Waals surface area contributed by atoms with Gasteiger partial charge < -0.3 is 5.32 Å². The summed E-state index contributed by atoms with van der Waals surface area (Å²) in [6, 6.07) is 5.11. The summed E-state index contributed by atoms with van der Waals surface area (Å²) in [6.07, 6.45) is 2.47. The zero-order chi connectivity index (χ0) is 15.5. The quantitative estimate of drug-likeness (QED) is 0.909. The minimum atomic E-state index is -0.125. The number of hydrogen-bond acceptors (Lipinski definition) is 2. The molecule has 0 spiro atoms. The van der Waals surface area contributed by atoms with Gasteiger partial charge in [-0.2, -0.15) is 0 Å². The lowest BCUT2D eigenvalue weighted by molar-refractivity contribution is 0.170. The second-order valence-corrected chi connectivity index (χ2v) is 7.42. The molecule has 0 saturated carbocycles. The van der Waals surface area contributed by atoms with Gasteiger partial charge in [0.25, 0.3) is 0 Å². The molecule has 2 nitrogen and oxygen atoms in total. The molecule has 118 valence electrons. The molecule has 1 fully saturated rings. The predicted octanol–water partition coefficient (Wildman–Crippen LogP) is 3.73. The lowest BCUT2D eigenvalue weighted by atomic mass is 9.95. The molecule has 1 saturated heterocycles. The summed E-state index contributed by atoms with van der Waals surface area (Å²) in [5.74, 6) is 0.647. The van der Waals surface area contributed by atoms with Crippen LogP contribution in [0.4, 0.5) is 4.39 Å². The van der Waals surface area contributed by atoms with Crippen LogP contribution in [-0.2, 0) is 6.54 Å². The Hall–Kier alpha value is -0.930. The molecule has 0 aromatic heterocycles. The van der Waals surface area contributed by atoms with Crippen molar-refractivity contribution in [1.82, 2.24) is 10.2 Å². The Morgan fingerprint density at radius 3 is 2.52 bits per heavy atom. The highest BCUT2D eigenvalue weighted by atomic mass is 19.1. The number of rotatable bonds is 4. The van der Waals surface area contributed by atoms with Gasteiger partial charge in [0.2, 0.25) is 0 Å². The number of benzene rings is 1. The number of likely N-dealkylation sites (tertiary alicyclic amines) is 1. The summed E-state index contributed by atoms with van der Waals surface area (Å²) < 4.78 is 13.3. The third-order valence-electron chi connectivity index (χ3n) is 4.33. The van der Waals surface area contributed by atoms with Gasteiger partial charge in [0, 0.05) is 12.1 Å². The fourth-order valence-corrected chi connectivity index (χ4v) is 2.85. The van der Waals surface area contributed by atoms with E-state index in [1.54, 1.807) is 12.1 Å². The van der Waals surface area contributed by atoms with E-state index in [0.29, 0.717) is 0 Å². The van der Waals surface area contributed by atoms with Gasteiger partial charge >= 0.3 is 0 Å². The predicted molar refractivity (Wildman–Crippen MR) is 86.9 cm³/mol. The number of hydrogen-bond donors (Lipinski definition) is 1. The van der Waals surface area contributed by atoms with Crippen molar-refractivity contribution >= 4 is 0 Å². The van der Waals surface area contributed by atoms with Crippen LogP contribution in [0.25, 0.3) is 0 Å². The molecule has 1 aromatic rings. The van der Waals surface area contributed by atoms with E-state index in [1.165, 1.54) is 18.4 Å². The summed E-state index contributed by atoms with van der Waals surface area (Å²) in [5, 5.41) is 3.60. The van der Waals surface area contributed by atoms with E-state index in [1.807, 2.05) is 6.07 Å². The van der Waals surface area contributed by atoms with Crippen LogP contribution in [0, 0.1) is 18.7 Å². The van der Waals surface area contributed by atoms with E-state index in [-0.39, 0.29) is 11.4 Å². The lowest BCUT2D eigenvalue weighted by Crippen LogP contribution is -2.42. The average molecular weight is 292 g/mol. The first-order chi connectivity index (χ1) is 9.83. The smallest absolute Gasteiger partial charge is 0.123 e. The number of aryl methyl sites for hydroxylation is 1. The van der Waals surface area contributed by atoms with E-state index < -0.39 is 0 Å². The zero-order valence-electron chi connectivity index (χ0n) is 13.9. The molecule has 1 heterocycles. The Labute approximate surface area is 128 Å². The van der Waals surface area contributed by atoms with E-state index in [9.17, 15) is 4.39 Å². The minimum Gasteiger partial charge on any atom is -0.312 e. The molecule has 0 atom stereocenters. The molecular formula is C18H29FN2. The monoisotopic (exact) mass is 292 g/mol. The molecule has 0 radical (unpaired) electrons. The van der Waals surface area contributed by atoms with Gasteiger partial charge in [0.15, 0.2) is 0 Å². The van der Waals surface area contributed by atoms with Crippen molar-refractivity contribution in [3.8, 4) is 0 Å². The Kier molecular flexibility index (Phi) is 5.39. The van der Waals surface area contributed by atoms with Gasteiger partial charge in [0.1, 0.15) is 5.82 Å². The first kappa shape index (κ1) is 16.4. The minimum absolute atomic E-state index is 0.125. The second kappa shape index (κ2) is 6.89. The largest absolute Gasteiger partial charge is 0.312 e. The zero-order valence-corrected chi connectivity index (χ0v) is 13.9. The third kappa shape index (κ3) is 5.40. The Balaban J connectivity index is 1.80. The summed E-state index contributed by atoms with van der Waals surface area (Å²) in [7, 11) is 0. The number of nitrogens with zero attached hydrogens (tertiary/aromatic N) is 1. The van der Waals surface area contributed by atoms with E-state index in [2.05, 4.69) is 37.9 Å². The van der Waals surface area contributed by atoms with Crippen molar-refractivity contribution in [2.75, 3.05) is 19.6 Å². The number of halogens is 1. The Bertz CT molecular complexity index is 457. The van der Waals surface area contributed by atoms with Crippen LogP contribution in [0.3, 0.4) is 0 Å². The van der Waals surface area contributed by atoms with E-state index in [0.717, 1.165) is 37.7 Å². The van der Waals surface area contributed by atoms with E-state index in [4.69, 9.17) is 0 Å². The molecule has 0 bridgehead atoms. The highest BCUT2D eigenvalue weighted by Gasteiger charge is 2.21. The van der Waals surface area contributed by atoms with Crippen LogP contribution in [0.5, 0.6) is 0 Å². The highest BCUT2D eigenvalue weighted by molar-refractivity contribution is 5.26. The van der Waals surface area contributed by atoms with Gasteiger partial charge in [0.05, 0.1) is 0 Å². The second-order valence-electron chi connectivity index (χ2n) is 7.42. The third-order valence-corrected chi connectivity index (χ3v) is 4.33. The molecule has 0 amide bonds. The van der Waals surface area contributed by atoms with Crippen LogP contribution in [-0.4, -0.2) is 30.1 Å². The van der Waals surface area contributed by atoms with Crippen LogP contribution in [0.1, 0.15) is 44.7 Å². The Morgan fingerprint density at radius 1 is 1.24 bits per heavy atom. The number of nitrogens with one attached hydrogen (secondary N) is 1.